The summed E-state index contributed by atoms with van der Waals surface area (Å²) >= 11 is 0. The fourth-order valence-corrected chi connectivity index (χ4v) is 1.22. The molecule has 4 heteroatoms. The van der Waals surface area contributed by atoms with Crippen molar-refractivity contribution >= 4 is 6.29 Å². The second-order valence-electron chi connectivity index (χ2n) is 2.86. The smallest absolute Gasteiger partial charge is 0.141 e. The first-order chi connectivity index (χ1) is 6.90. The third-order valence-electron chi connectivity index (χ3n) is 1.89. The summed E-state index contributed by atoms with van der Waals surface area (Å²) in [6, 6.07) is 3.82. The van der Waals surface area contributed by atoms with E-state index in [1.807, 2.05) is 18.3 Å². The second kappa shape index (κ2) is 3.83. The van der Waals surface area contributed by atoms with Gasteiger partial charge in [-0.05, 0) is 6.07 Å². The van der Waals surface area contributed by atoms with Crippen LogP contribution >= 0.6 is 0 Å². The summed E-state index contributed by atoms with van der Waals surface area (Å²) in [6.45, 7) is 0.292. The van der Waals surface area contributed by atoms with Crippen LogP contribution in [0, 0.1) is 0 Å². The lowest BCUT2D eigenvalue weighted by Gasteiger charge is -1.93. The molecule has 0 aliphatic rings. The molecule has 0 bridgehead atoms. The second-order valence-corrected chi connectivity index (χ2v) is 2.86. The zero-order valence-corrected chi connectivity index (χ0v) is 7.50. The lowest BCUT2D eigenvalue weighted by atomic mass is 10.2. The molecule has 70 valence electrons. The summed E-state index contributed by atoms with van der Waals surface area (Å²) in [5, 5.41) is 4.04. The minimum atomic E-state index is 0.292. The predicted octanol–water partition coefficient (Wildman–Crippen LogP) is 1.14. The topological polar surface area (TPSA) is 47.8 Å². The van der Waals surface area contributed by atoms with Gasteiger partial charge in [-0.15, -0.1) is 0 Å². The molecule has 0 fully saturated rings. The maximum atomic E-state index is 10.2. The number of rotatable bonds is 3. The highest BCUT2D eigenvalue weighted by Crippen LogP contribution is 2.15. The van der Waals surface area contributed by atoms with Crippen LogP contribution in [0.3, 0.4) is 0 Å². The van der Waals surface area contributed by atoms with Crippen LogP contribution in [0.4, 0.5) is 0 Å². The number of hydrogen-bond acceptors (Lipinski definition) is 3. The van der Waals surface area contributed by atoms with Crippen molar-refractivity contribution in [2.45, 2.75) is 6.54 Å². The molecule has 0 atom stereocenters. The Kier molecular flexibility index (Phi) is 2.36. The fraction of sp³-hybridized carbons (Fsp3) is 0.100. The van der Waals surface area contributed by atoms with Crippen molar-refractivity contribution in [3.63, 3.8) is 0 Å². The Labute approximate surface area is 81.2 Å². The molecule has 2 rings (SSSR count). The molecular weight excluding hydrogens is 178 g/mol. The zero-order chi connectivity index (χ0) is 9.80. The van der Waals surface area contributed by atoms with Gasteiger partial charge in [-0.3, -0.25) is 9.67 Å². The standard InChI is InChI=1S/C10H9N3O/c14-5-4-13-8-10(7-12-13)9-2-1-3-11-6-9/h1-3,5-8H,4H2. The van der Waals surface area contributed by atoms with Crippen molar-refractivity contribution in [3.05, 3.63) is 36.9 Å². The maximum Gasteiger partial charge on any atom is 0.141 e. The Balaban J connectivity index is 2.29. The summed E-state index contributed by atoms with van der Waals surface area (Å²) < 4.78 is 1.59. The number of carbonyl (C=O) groups is 1. The summed E-state index contributed by atoms with van der Waals surface area (Å²) in [7, 11) is 0. The SMILES string of the molecule is O=CCn1cc(-c2cccnc2)cn1. The molecule has 0 N–H and O–H groups in total. The normalized spacial score (nSPS) is 10.0. The van der Waals surface area contributed by atoms with Crippen LogP contribution in [0.2, 0.25) is 0 Å². The van der Waals surface area contributed by atoms with E-state index in [4.69, 9.17) is 0 Å². The molecule has 0 spiro atoms. The predicted molar refractivity (Wildman–Crippen MR) is 51.5 cm³/mol. The van der Waals surface area contributed by atoms with Gasteiger partial charge in [-0.1, -0.05) is 6.07 Å². The largest absolute Gasteiger partial charge is 0.301 e. The van der Waals surface area contributed by atoms with E-state index in [1.165, 1.54) is 0 Å². The van der Waals surface area contributed by atoms with Gasteiger partial charge in [0.1, 0.15) is 6.29 Å². The van der Waals surface area contributed by atoms with Gasteiger partial charge in [0, 0.05) is 29.7 Å². The molecule has 0 amide bonds. The first kappa shape index (κ1) is 8.62. The molecule has 0 aliphatic carbocycles. The van der Waals surface area contributed by atoms with Gasteiger partial charge in [0.15, 0.2) is 0 Å². The maximum absolute atomic E-state index is 10.2. The monoisotopic (exact) mass is 187 g/mol. The summed E-state index contributed by atoms with van der Waals surface area (Å²) in [6.07, 6.45) is 7.85. The molecule has 0 aromatic carbocycles. The Hall–Kier alpha value is -1.97. The van der Waals surface area contributed by atoms with Crippen molar-refractivity contribution in [2.75, 3.05) is 0 Å². The first-order valence-electron chi connectivity index (χ1n) is 4.26. The number of pyridine rings is 1. The van der Waals surface area contributed by atoms with E-state index in [1.54, 1.807) is 23.3 Å². The van der Waals surface area contributed by atoms with Gasteiger partial charge < -0.3 is 4.79 Å². The molecular formula is C10H9N3O. The van der Waals surface area contributed by atoms with Gasteiger partial charge >= 0.3 is 0 Å². The summed E-state index contributed by atoms with van der Waals surface area (Å²) in [4.78, 5) is 14.3. The van der Waals surface area contributed by atoms with Crippen LogP contribution < -0.4 is 0 Å². The van der Waals surface area contributed by atoms with Gasteiger partial charge in [0.2, 0.25) is 0 Å². The fourth-order valence-electron chi connectivity index (χ4n) is 1.22. The Bertz CT molecular complexity index is 422. The highest BCUT2D eigenvalue weighted by molar-refractivity contribution is 5.60. The number of nitrogens with zero attached hydrogens (tertiary/aromatic N) is 3. The lowest BCUT2D eigenvalue weighted by molar-refractivity contribution is -0.108. The van der Waals surface area contributed by atoms with Crippen molar-refractivity contribution in [1.82, 2.24) is 14.8 Å². The van der Waals surface area contributed by atoms with E-state index >= 15 is 0 Å². The minimum Gasteiger partial charge on any atom is -0.301 e. The minimum absolute atomic E-state index is 0.292. The number of carbonyl (C=O) groups excluding carboxylic acids is 1. The Morgan fingerprint density at radius 2 is 2.29 bits per heavy atom. The van der Waals surface area contributed by atoms with Crippen LogP contribution in [0.1, 0.15) is 0 Å². The number of aromatic nitrogens is 3. The summed E-state index contributed by atoms with van der Waals surface area (Å²) in [5.41, 5.74) is 1.98. The molecule has 2 heterocycles. The van der Waals surface area contributed by atoms with Crippen LogP contribution in [-0.4, -0.2) is 21.1 Å². The van der Waals surface area contributed by atoms with E-state index in [9.17, 15) is 4.79 Å². The third kappa shape index (κ3) is 1.69. The van der Waals surface area contributed by atoms with E-state index in [0.29, 0.717) is 6.54 Å². The van der Waals surface area contributed by atoms with E-state index < -0.39 is 0 Å². The van der Waals surface area contributed by atoms with Crippen LogP contribution in [0.15, 0.2) is 36.9 Å². The van der Waals surface area contributed by atoms with E-state index in [0.717, 1.165) is 17.4 Å². The Morgan fingerprint density at radius 3 is 3.00 bits per heavy atom. The molecule has 0 saturated heterocycles. The van der Waals surface area contributed by atoms with Crippen LogP contribution in [0.25, 0.3) is 11.1 Å². The number of aldehydes is 1. The van der Waals surface area contributed by atoms with Gasteiger partial charge in [0.05, 0.1) is 12.7 Å². The molecule has 0 unspecified atom stereocenters. The van der Waals surface area contributed by atoms with E-state index in [2.05, 4.69) is 10.1 Å². The zero-order valence-electron chi connectivity index (χ0n) is 7.50. The van der Waals surface area contributed by atoms with Crippen molar-refractivity contribution in [3.8, 4) is 11.1 Å². The van der Waals surface area contributed by atoms with Gasteiger partial charge in [-0.2, -0.15) is 5.10 Å². The lowest BCUT2D eigenvalue weighted by Crippen LogP contribution is -1.97. The number of hydrogen-bond donors (Lipinski definition) is 0. The van der Waals surface area contributed by atoms with Crippen molar-refractivity contribution in [2.24, 2.45) is 0 Å². The third-order valence-corrected chi connectivity index (χ3v) is 1.89. The average Bonchev–Trinajstić information content (AvgIpc) is 2.68. The molecule has 0 radical (unpaired) electrons. The average molecular weight is 187 g/mol. The van der Waals surface area contributed by atoms with Crippen LogP contribution in [-0.2, 0) is 11.3 Å². The molecule has 0 saturated carbocycles. The first-order valence-corrected chi connectivity index (χ1v) is 4.26. The van der Waals surface area contributed by atoms with Gasteiger partial charge in [0.25, 0.3) is 0 Å². The van der Waals surface area contributed by atoms with Crippen molar-refractivity contribution in [1.29, 1.82) is 0 Å². The van der Waals surface area contributed by atoms with Crippen molar-refractivity contribution < 1.29 is 4.79 Å². The van der Waals surface area contributed by atoms with E-state index in [-0.39, 0.29) is 0 Å². The molecule has 2 aromatic heterocycles. The highest BCUT2D eigenvalue weighted by Gasteiger charge is 2.00. The quantitative estimate of drug-likeness (QED) is 0.677. The molecule has 2 aromatic rings. The highest BCUT2D eigenvalue weighted by atomic mass is 16.1. The van der Waals surface area contributed by atoms with Gasteiger partial charge in [-0.25, -0.2) is 0 Å². The Morgan fingerprint density at radius 1 is 1.36 bits per heavy atom. The molecule has 4 nitrogen and oxygen atoms in total. The van der Waals surface area contributed by atoms with Crippen LogP contribution in [0.5, 0.6) is 0 Å². The summed E-state index contributed by atoms with van der Waals surface area (Å²) in [5.74, 6) is 0. The molecule has 0 aliphatic heterocycles. The molecule has 14 heavy (non-hydrogen) atoms.